The van der Waals surface area contributed by atoms with Gasteiger partial charge in [0.05, 0.1) is 18.1 Å². The Morgan fingerprint density at radius 2 is 1.76 bits per heavy atom. The average molecular weight is 260 g/mol. The van der Waals surface area contributed by atoms with E-state index >= 15 is 0 Å². The average Bonchev–Trinajstić information content (AvgIpc) is 2.16. The summed E-state index contributed by atoms with van der Waals surface area (Å²) in [5, 5.41) is 0. The van der Waals surface area contributed by atoms with Crippen LogP contribution in [0.2, 0.25) is 19.6 Å². The Balaban J connectivity index is 4.96. The smallest absolute Gasteiger partial charge is 0.311 e. The molecule has 0 radical (unpaired) electrons. The van der Waals surface area contributed by atoms with Crippen molar-refractivity contribution in [3.63, 3.8) is 0 Å². The minimum Gasteiger partial charge on any atom is -0.466 e. The van der Waals surface area contributed by atoms with E-state index in [1.807, 2.05) is 20.8 Å². The molecule has 102 valence electrons. The molecule has 3 nitrogen and oxygen atoms in total. The Labute approximate surface area is 107 Å². The summed E-state index contributed by atoms with van der Waals surface area (Å²) in [5.41, 5.74) is -0.397. The lowest BCUT2D eigenvalue weighted by Gasteiger charge is -2.40. The van der Waals surface area contributed by atoms with Gasteiger partial charge < -0.3 is 9.16 Å². The van der Waals surface area contributed by atoms with Gasteiger partial charge in [0, 0.05) is 0 Å². The molecule has 0 heterocycles. The number of hydrogen-bond acceptors (Lipinski definition) is 3. The molecule has 17 heavy (non-hydrogen) atoms. The van der Waals surface area contributed by atoms with Gasteiger partial charge in [-0.25, -0.2) is 0 Å². The molecule has 0 rings (SSSR count). The maximum absolute atomic E-state index is 12.0. The third kappa shape index (κ3) is 5.21. The number of hydrogen-bond donors (Lipinski definition) is 0. The SMILES string of the molecule is CCOC(=O)C(CC)C(C)(CC)O[Si](C)(C)C. The molecular weight excluding hydrogens is 232 g/mol. The number of carbonyl (C=O) groups excluding carboxylic acids is 1. The molecule has 0 fully saturated rings. The lowest BCUT2D eigenvalue weighted by molar-refractivity contribution is -0.156. The van der Waals surface area contributed by atoms with Crippen molar-refractivity contribution >= 4 is 14.3 Å². The molecule has 2 atom stereocenters. The molecule has 0 aliphatic carbocycles. The summed E-state index contributed by atoms with van der Waals surface area (Å²) in [6.45, 7) is 14.9. The van der Waals surface area contributed by atoms with E-state index in [-0.39, 0.29) is 11.9 Å². The van der Waals surface area contributed by atoms with Crippen LogP contribution in [0.5, 0.6) is 0 Å². The molecule has 2 unspecified atom stereocenters. The monoisotopic (exact) mass is 260 g/mol. The van der Waals surface area contributed by atoms with E-state index < -0.39 is 13.9 Å². The molecule has 0 saturated heterocycles. The Morgan fingerprint density at radius 3 is 2.06 bits per heavy atom. The summed E-state index contributed by atoms with van der Waals surface area (Å²) >= 11 is 0. The van der Waals surface area contributed by atoms with Gasteiger partial charge in [-0.2, -0.15) is 0 Å². The minimum atomic E-state index is -1.67. The molecule has 0 aliphatic heterocycles. The normalized spacial score (nSPS) is 17.4. The van der Waals surface area contributed by atoms with Gasteiger partial charge >= 0.3 is 5.97 Å². The van der Waals surface area contributed by atoms with Crippen LogP contribution in [0, 0.1) is 5.92 Å². The molecule has 0 bridgehead atoms. The number of carbonyl (C=O) groups is 1. The van der Waals surface area contributed by atoms with Crippen molar-refractivity contribution in [2.75, 3.05) is 6.61 Å². The first-order chi connectivity index (χ1) is 7.70. The second kappa shape index (κ2) is 6.54. The van der Waals surface area contributed by atoms with Gasteiger partial charge in [0.15, 0.2) is 8.32 Å². The highest BCUT2D eigenvalue weighted by Crippen LogP contribution is 2.32. The lowest BCUT2D eigenvalue weighted by atomic mass is 9.85. The predicted molar refractivity (Wildman–Crippen MR) is 73.5 cm³/mol. The molecule has 0 spiro atoms. The maximum Gasteiger partial charge on any atom is 0.311 e. The van der Waals surface area contributed by atoms with Crippen LogP contribution >= 0.6 is 0 Å². The Morgan fingerprint density at radius 1 is 1.24 bits per heavy atom. The van der Waals surface area contributed by atoms with Crippen molar-refractivity contribution in [2.45, 2.75) is 65.8 Å². The number of rotatable bonds is 7. The summed E-state index contributed by atoms with van der Waals surface area (Å²) in [6, 6.07) is 0. The van der Waals surface area contributed by atoms with Crippen molar-refractivity contribution in [3.05, 3.63) is 0 Å². The Bertz CT molecular complexity index is 248. The van der Waals surface area contributed by atoms with E-state index in [1.165, 1.54) is 0 Å². The standard InChI is InChI=1S/C13H28O3Si/c1-8-11(12(14)15-10-3)13(4,9-2)16-17(5,6)7/h11H,8-10H2,1-7H3. The fourth-order valence-electron chi connectivity index (χ4n) is 2.18. The third-order valence-electron chi connectivity index (χ3n) is 2.96. The first kappa shape index (κ1) is 16.6. The predicted octanol–water partition coefficient (Wildman–Crippen LogP) is 3.60. The van der Waals surface area contributed by atoms with E-state index in [2.05, 4.69) is 26.6 Å². The van der Waals surface area contributed by atoms with Crippen molar-refractivity contribution in [1.82, 2.24) is 0 Å². The zero-order chi connectivity index (χ0) is 13.7. The van der Waals surface area contributed by atoms with Crippen molar-refractivity contribution in [2.24, 2.45) is 5.92 Å². The molecule has 0 amide bonds. The summed E-state index contributed by atoms with van der Waals surface area (Å²) in [6.07, 6.45) is 1.59. The van der Waals surface area contributed by atoms with Crippen molar-refractivity contribution in [1.29, 1.82) is 0 Å². The van der Waals surface area contributed by atoms with Gasteiger partial charge in [0.1, 0.15) is 0 Å². The molecule has 0 aromatic heterocycles. The minimum absolute atomic E-state index is 0.127. The van der Waals surface area contributed by atoms with E-state index in [0.717, 1.165) is 12.8 Å². The van der Waals surface area contributed by atoms with Gasteiger partial charge in [0.25, 0.3) is 0 Å². The highest BCUT2D eigenvalue weighted by Gasteiger charge is 2.41. The Hall–Kier alpha value is -0.353. The molecule has 0 aliphatic rings. The quantitative estimate of drug-likeness (QED) is 0.518. The molecule has 0 aromatic rings. The summed E-state index contributed by atoms with van der Waals surface area (Å²) < 4.78 is 11.4. The zero-order valence-corrected chi connectivity index (χ0v) is 13.4. The van der Waals surface area contributed by atoms with Gasteiger partial charge in [-0.15, -0.1) is 0 Å². The summed E-state index contributed by atoms with van der Waals surface area (Å²) in [4.78, 5) is 12.0. The first-order valence-corrected chi connectivity index (χ1v) is 9.97. The first-order valence-electron chi connectivity index (χ1n) is 6.57. The van der Waals surface area contributed by atoms with Crippen LogP contribution in [-0.4, -0.2) is 26.5 Å². The van der Waals surface area contributed by atoms with Crippen LogP contribution in [0.15, 0.2) is 0 Å². The van der Waals surface area contributed by atoms with Crippen LogP contribution in [0.3, 0.4) is 0 Å². The molecule has 0 saturated carbocycles. The molecule has 4 heteroatoms. The topological polar surface area (TPSA) is 35.5 Å². The second-order valence-electron chi connectivity index (χ2n) is 5.59. The van der Waals surface area contributed by atoms with Gasteiger partial charge in [-0.1, -0.05) is 13.8 Å². The van der Waals surface area contributed by atoms with Crippen LogP contribution in [-0.2, 0) is 14.0 Å². The van der Waals surface area contributed by atoms with Crippen molar-refractivity contribution in [3.8, 4) is 0 Å². The van der Waals surface area contributed by atoms with Crippen LogP contribution in [0.25, 0.3) is 0 Å². The summed E-state index contributed by atoms with van der Waals surface area (Å²) in [7, 11) is -1.67. The number of ether oxygens (including phenoxy) is 1. The number of esters is 1. The Kier molecular flexibility index (Phi) is 6.41. The van der Waals surface area contributed by atoms with E-state index in [9.17, 15) is 4.79 Å². The molecular formula is C13H28O3Si. The van der Waals surface area contributed by atoms with Crippen LogP contribution < -0.4 is 0 Å². The van der Waals surface area contributed by atoms with E-state index in [0.29, 0.717) is 6.61 Å². The van der Waals surface area contributed by atoms with E-state index in [4.69, 9.17) is 9.16 Å². The second-order valence-corrected chi connectivity index (χ2v) is 10.0. The summed E-state index contributed by atoms with van der Waals surface area (Å²) in [5.74, 6) is -0.295. The fourth-order valence-corrected chi connectivity index (χ4v) is 3.87. The fraction of sp³-hybridized carbons (Fsp3) is 0.923. The molecule has 0 aromatic carbocycles. The largest absolute Gasteiger partial charge is 0.466 e. The van der Waals surface area contributed by atoms with E-state index in [1.54, 1.807) is 0 Å². The zero-order valence-electron chi connectivity index (χ0n) is 12.4. The maximum atomic E-state index is 12.0. The van der Waals surface area contributed by atoms with Gasteiger partial charge in [0.2, 0.25) is 0 Å². The van der Waals surface area contributed by atoms with Crippen molar-refractivity contribution < 1.29 is 14.0 Å². The highest BCUT2D eigenvalue weighted by atomic mass is 28.4. The molecule has 0 N–H and O–H groups in total. The van der Waals surface area contributed by atoms with Crippen LogP contribution in [0.4, 0.5) is 0 Å². The highest BCUT2D eigenvalue weighted by molar-refractivity contribution is 6.69. The van der Waals surface area contributed by atoms with Crippen LogP contribution in [0.1, 0.15) is 40.5 Å². The lowest BCUT2D eigenvalue weighted by Crippen LogP contribution is -2.48. The van der Waals surface area contributed by atoms with Gasteiger partial charge in [-0.3, -0.25) is 4.79 Å². The third-order valence-corrected chi connectivity index (χ3v) is 4.04. The van der Waals surface area contributed by atoms with Gasteiger partial charge in [-0.05, 0) is 46.3 Å².